The number of aromatic hydroxyl groups is 1. The van der Waals surface area contributed by atoms with Crippen LogP contribution in [0.15, 0.2) is 46.0 Å². The van der Waals surface area contributed by atoms with Crippen LogP contribution >= 0.6 is 23.2 Å². The van der Waals surface area contributed by atoms with Crippen molar-refractivity contribution in [1.82, 2.24) is 5.32 Å². The molecule has 2 heterocycles. The highest BCUT2D eigenvalue weighted by molar-refractivity contribution is 6.46. The lowest BCUT2D eigenvalue weighted by Crippen LogP contribution is -2.34. The molecule has 0 fully saturated rings. The molecule has 2 aromatic carbocycles. The van der Waals surface area contributed by atoms with Crippen molar-refractivity contribution in [2.45, 2.75) is 6.42 Å². The molecule has 7 nitrogen and oxygen atoms in total. The molecule has 0 bridgehead atoms. The maximum atomic E-state index is 12.1. The molecule has 0 saturated carbocycles. The molecule has 0 spiro atoms. The van der Waals surface area contributed by atoms with E-state index in [2.05, 4.69) is 15.6 Å². The summed E-state index contributed by atoms with van der Waals surface area (Å²) in [7, 11) is 0. The Morgan fingerprint density at radius 2 is 2.00 bits per heavy atom. The second kappa shape index (κ2) is 7.18. The van der Waals surface area contributed by atoms with Crippen LogP contribution in [0.1, 0.15) is 11.1 Å². The predicted octanol–water partition coefficient (Wildman–Crippen LogP) is 3.50. The Hall–Kier alpha value is -3.03. The van der Waals surface area contributed by atoms with Crippen LogP contribution in [-0.4, -0.2) is 29.3 Å². The molecule has 2 amide bonds. The smallest absolute Gasteiger partial charge is 0.291 e. The second-order valence-corrected chi connectivity index (χ2v) is 6.98. The zero-order valence-electron chi connectivity index (χ0n) is 14.3. The number of amidine groups is 1. The third-order valence-corrected chi connectivity index (χ3v) is 4.98. The number of phenols is 1. The zero-order chi connectivity index (χ0) is 19.8. The molecule has 3 aromatic rings. The van der Waals surface area contributed by atoms with Crippen molar-refractivity contribution in [3.8, 4) is 5.75 Å². The third kappa shape index (κ3) is 3.42. The number of nitrogens with zero attached hydrogens (tertiary/aromatic N) is 1. The van der Waals surface area contributed by atoms with Gasteiger partial charge in [-0.3, -0.25) is 14.6 Å². The molecule has 1 aliphatic rings. The molecule has 0 atom stereocenters. The monoisotopic (exact) mass is 417 g/mol. The Kier molecular flexibility index (Phi) is 4.70. The normalized spacial score (nSPS) is 13.5. The minimum atomic E-state index is -0.552. The number of phenolic OH excluding ortho intramolecular Hbond substituents is 1. The summed E-state index contributed by atoms with van der Waals surface area (Å²) in [6, 6.07) is 8.23. The number of anilines is 1. The van der Waals surface area contributed by atoms with Gasteiger partial charge in [0.05, 0.1) is 6.26 Å². The number of amides is 2. The molecule has 0 radical (unpaired) electrons. The Balaban J connectivity index is 1.59. The van der Waals surface area contributed by atoms with E-state index >= 15 is 0 Å². The first kappa shape index (κ1) is 18.3. The van der Waals surface area contributed by atoms with Crippen LogP contribution in [0, 0.1) is 0 Å². The molecular formula is C19H13Cl2N3O4. The number of aliphatic imine (C=N–C) groups is 1. The Morgan fingerprint density at radius 1 is 1.25 bits per heavy atom. The van der Waals surface area contributed by atoms with Crippen molar-refractivity contribution >= 4 is 57.5 Å². The van der Waals surface area contributed by atoms with Gasteiger partial charge < -0.3 is 20.2 Å². The fourth-order valence-corrected chi connectivity index (χ4v) is 3.60. The van der Waals surface area contributed by atoms with Crippen LogP contribution in [0.4, 0.5) is 5.69 Å². The summed E-state index contributed by atoms with van der Waals surface area (Å²) in [5, 5.41) is 16.3. The first-order chi connectivity index (χ1) is 13.4. The second-order valence-electron chi connectivity index (χ2n) is 6.17. The molecule has 0 aliphatic carbocycles. The number of carbonyl (C=O) groups is 2. The van der Waals surface area contributed by atoms with E-state index < -0.39 is 5.91 Å². The van der Waals surface area contributed by atoms with Crippen molar-refractivity contribution in [3.63, 3.8) is 0 Å². The number of benzene rings is 2. The first-order valence-corrected chi connectivity index (χ1v) is 8.99. The van der Waals surface area contributed by atoms with Gasteiger partial charge in [0.25, 0.3) is 5.91 Å². The maximum Gasteiger partial charge on any atom is 0.291 e. The number of hydrogen-bond acceptors (Lipinski definition) is 5. The number of fused-ring (bicyclic) bond motifs is 1. The molecule has 0 unspecified atom stereocenters. The van der Waals surface area contributed by atoms with Gasteiger partial charge in [-0.25, -0.2) is 0 Å². The maximum absolute atomic E-state index is 12.1. The van der Waals surface area contributed by atoms with E-state index in [1.54, 1.807) is 30.3 Å². The van der Waals surface area contributed by atoms with Gasteiger partial charge in [0.15, 0.2) is 17.2 Å². The highest BCUT2D eigenvalue weighted by Crippen LogP contribution is 2.35. The van der Waals surface area contributed by atoms with Gasteiger partial charge in [-0.1, -0.05) is 29.3 Å². The highest BCUT2D eigenvalue weighted by atomic mass is 35.5. The van der Waals surface area contributed by atoms with E-state index in [0.29, 0.717) is 33.3 Å². The zero-order valence-corrected chi connectivity index (χ0v) is 15.8. The lowest BCUT2D eigenvalue weighted by molar-refractivity contribution is -0.118. The number of halogens is 2. The van der Waals surface area contributed by atoms with E-state index in [4.69, 9.17) is 27.6 Å². The van der Waals surface area contributed by atoms with Crippen molar-refractivity contribution < 1.29 is 19.1 Å². The van der Waals surface area contributed by atoms with Gasteiger partial charge in [-0.15, -0.1) is 0 Å². The van der Waals surface area contributed by atoms with E-state index in [1.807, 2.05) is 0 Å². The van der Waals surface area contributed by atoms with Crippen molar-refractivity contribution in [2.75, 3.05) is 11.9 Å². The largest absolute Gasteiger partial charge is 0.504 e. The molecule has 0 saturated heterocycles. The molecule has 1 aromatic heterocycles. The van der Waals surface area contributed by atoms with Crippen LogP contribution in [0.5, 0.6) is 5.75 Å². The quantitative estimate of drug-likeness (QED) is 0.603. The average molecular weight is 418 g/mol. The number of nitrogens with one attached hydrogen (secondary N) is 2. The molecule has 4 rings (SSSR count). The molecule has 3 N–H and O–H groups in total. The molecular weight excluding hydrogens is 405 g/mol. The summed E-state index contributed by atoms with van der Waals surface area (Å²) < 4.78 is 5.30. The lowest BCUT2D eigenvalue weighted by atomic mass is 10.0. The lowest BCUT2D eigenvalue weighted by Gasteiger charge is -2.12. The van der Waals surface area contributed by atoms with Crippen molar-refractivity contribution in [1.29, 1.82) is 0 Å². The summed E-state index contributed by atoms with van der Waals surface area (Å²) in [5.41, 5.74) is 2.32. The third-order valence-electron chi connectivity index (χ3n) is 4.31. The van der Waals surface area contributed by atoms with Crippen LogP contribution in [0.3, 0.4) is 0 Å². The van der Waals surface area contributed by atoms with E-state index in [0.717, 1.165) is 10.9 Å². The fourth-order valence-electron chi connectivity index (χ4n) is 2.97. The SMILES string of the molecule is O=C1CN=C(C(=O)Nc2cc(Cl)c(Cc3ccc(O)c4occc34)c(Cl)c2)N1. The van der Waals surface area contributed by atoms with E-state index in [9.17, 15) is 14.7 Å². The van der Waals surface area contributed by atoms with Gasteiger partial charge in [0, 0.05) is 27.5 Å². The van der Waals surface area contributed by atoms with Crippen LogP contribution in [0.25, 0.3) is 11.0 Å². The minimum Gasteiger partial charge on any atom is -0.504 e. The van der Waals surface area contributed by atoms with Gasteiger partial charge in [0.1, 0.15) is 6.54 Å². The fraction of sp³-hybridized carbons (Fsp3) is 0.105. The summed E-state index contributed by atoms with van der Waals surface area (Å²) in [6.45, 7) is -0.0711. The first-order valence-electron chi connectivity index (χ1n) is 8.24. The standard InChI is InChI=1S/C19H13Cl2N3O4/c20-13-6-10(23-19(27)18-22-8-16(26)24-18)7-14(21)12(13)5-9-1-2-15(25)17-11(9)3-4-28-17/h1-4,6-7,25H,5,8H2,(H,23,27)(H,22,24,26). The average Bonchev–Trinajstić information content (AvgIpc) is 3.29. The predicted molar refractivity (Wildman–Crippen MR) is 106 cm³/mol. The number of rotatable bonds is 4. The number of furan rings is 1. The van der Waals surface area contributed by atoms with Crippen molar-refractivity contribution in [3.05, 3.63) is 57.8 Å². The highest BCUT2D eigenvalue weighted by Gasteiger charge is 2.21. The Labute approximate surface area is 169 Å². The Bertz CT molecular complexity index is 1130. The number of hydrogen-bond donors (Lipinski definition) is 3. The number of carbonyl (C=O) groups excluding carboxylic acids is 2. The topological polar surface area (TPSA) is 104 Å². The van der Waals surface area contributed by atoms with Crippen molar-refractivity contribution in [2.24, 2.45) is 4.99 Å². The summed E-state index contributed by atoms with van der Waals surface area (Å²) >= 11 is 12.8. The molecule has 142 valence electrons. The molecule has 1 aliphatic heterocycles. The Morgan fingerprint density at radius 3 is 2.68 bits per heavy atom. The van der Waals surface area contributed by atoms with Crippen LogP contribution < -0.4 is 10.6 Å². The summed E-state index contributed by atoms with van der Waals surface area (Å²) in [5.74, 6) is -0.880. The van der Waals surface area contributed by atoms with Gasteiger partial charge in [0.2, 0.25) is 5.91 Å². The van der Waals surface area contributed by atoms with E-state index in [1.165, 1.54) is 6.26 Å². The van der Waals surface area contributed by atoms with Crippen LogP contribution in [0.2, 0.25) is 10.0 Å². The van der Waals surface area contributed by atoms with Gasteiger partial charge in [-0.2, -0.15) is 0 Å². The molecule has 28 heavy (non-hydrogen) atoms. The van der Waals surface area contributed by atoms with E-state index in [-0.39, 0.29) is 24.0 Å². The van der Waals surface area contributed by atoms with Crippen LogP contribution in [-0.2, 0) is 16.0 Å². The van der Waals surface area contributed by atoms with Gasteiger partial charge >= 0.3 is 0 Å². The minimum absolute atomic E-state index is 0.0484. The summed E-state index contributed by atoms with van der Waals surface area (Å²) in [6.07, 6.45) is 1.91. The summed E-state index contributed by atoms with van der Waals surface area (Å²) in [4.78, 5) is 27.1. The molecule has 9 heteroatoms. The van der Waals surface area contributed by atoms with Gasteiger partial charge in [-0.05, 0) is 35.4 Å².